The highest BCUT2D eigenvalue weighted by atomic mass is 16.6. The van der Waals surface area contributed by atoms with Crippen molar-refractivity contribution in [1.82, 2.24) is 0 Å². The predicted molar refractivity (Wildman–Crippen MR) is 353 cm³/mol. The molecular weight excluding hydrogens is 997 g/mol. The van der Waals surface area contributed by atoms with Gasteiger partial charge in [-0.1, -0.05) is 291 Å². The van der Waals surface area contributed by atoms with Gasteiger partial charge in [0.25, 0.3) is 0 Å². The van der Waals surface area contributed by atoms with E-state index in [0.29, 0.717) is 19.3 Å². The van der Waals surface area contributed by atoms with E-state index in [2.05, 4.69) is 130 Å². The Morgan fingerprint density at radius 3 is 0.753 bits per heavy atom. The van der Waals surface area contributed by atoms with Crippen LogP contribution in [0.3, 0.4) is 0 Å². The summed E-state index contributed by atoms with van der Waals surface area (Å²) in [5.74, 6) is -0.903. The summed E-state index contributed by atoms with van der Waals surface area (Å²) in [4.78, 5) is 38.4. The Bertz CT molecular complexity index is 1620. The van der Waals surface area contributed by atoms with Crippen LogP contribution in [0.25, 0.3) is 0 Å². The number of rotatable bonds is 62. The zero-order valence-electron chi connectivity index (χ0n) is 53.3. The Labute approximate surface area is 501 Å². The lowest BCUT2D eigenvalue weighted by atomic mass is 10.0. The van der Waals surface area contributed by atoms with Gasteiger partial charge in [-0.3, -0.25) is 14.4 Å². The molecule has 0 aromatic carbocycles. The third-order valence-electron chi connectivity index (χ3n) is 14.7. The second kappa shape index (κ2) is 68.6. The van der Waals surface area contributed by atoms with Crippen LogP contribution in [0, 0.1) is 0 Å². The van der Waals surface area contributed by atoms with Gasteiger partial charge in [-0.2, -0.15) is 0 Å². The lowest BCUT2D eigenvalue weighted by Crippen LogP contribution is -2.30. The van der Waals surface area contributed by atoms with Crippen molar-refractivity contribution in [3.05, 3.63) is 109 Å². The van der Waals surface area contributed by atoms with Crippen LogP contribution in [-0.2, 0) is 28.6 Å². The van der Waals surface area contributed by atoms with Crippen LogP contribution in [0.2, 0.25) is 0 Å². The van der Waals surface area contributed by atoms with Crippen molar-refractivity contribution in [2.24, 2.45) is 0 Å². The first-order valence-corrected chi connectivity index (χ1v) is 34.4. The smallest absolute Gasteiger partial charge is 0.306 e. The number of hydrogen-bond donors (Lipinski definition) is 0. The van der Waals surface area contributed by atoms with Crippen molar-refractivity contribution in [3.63, 3.8) is 0 Å². The van der Waals surface area contributed by atoms with Gasteiger partial charge >= 0.3 is 17.9 Å². The van der Waals surface area contributed by atoms with Gasteiger partial charge in [-0.05, 0) is 128 Å². The van der Waals surface area contributed by atoms with E-state index in [1.165, 1.54) is 154 Å². The SMILES string of the molecule is CC/C=C\C/C=C\C/C=C\C/C=C\C/C=C\CCCCCCCCCCCCCCCCCC(=O)OCC(COC(=O)CCCCCCC/C=C\C/C=C\CCCCCC)OC(=O)CCCCCCC/C=C\C/C=C\CCCCCC. The van der Waals surface area contributed by atoms with Crippen molar-refractivity contribution >= 4 is 17.9 Å². The van der Waals surface area contributed by atoms with Crippen LogP contribution in [0.4, 0.5) is 0 Å². The van der Waals surface area contributed by atoms with Gasteiger partial charge in [-0.15, -0.1) is 0 Å². The molecule has 0 aromatic heterocycles. The molecule has 0 spiro atoms. The monoisotopic (exact) mass is 1120 g/mol. The molecule has 0 saturated heterocycles. The van der Waals surface area contributed by atoms with Crippen LogP contribution >= 0.6 is 0 Å². The van der Waals surface area contributed by atoms with E-state index in [1.54, 1.807) is 0 Å². The molecule has 0 fully saturated rings. The van der Waals surface area contributed by atoms with Crippen LogP contribution in [0.5, 0.6) is 0 Å². The summed E-state index contributed by atoms with van der Waals surface area (Å²) in [6.45, 7) is 6.50. The maximum absolute atomic E-state index is 12.9. The Balaban J connectivity index is 4.27. The minimum absolute atomic E-state index is 0.0870. The molecule has 0 heterocycles. The van der Waals surface area contributed by atoms with Gasteiger partial charge < -0.3 is 14.2 Å². The van der Waals surface area contributed by atoms with E-state index in [1.807, 2.05) is 0 Å². The number of allylic oxidation sites excluding steroid dienone is 18. The molecule has 0 N–H and O–H groups in total. The molecule has 1 atom stereocenters. The summed E-state index contributed by atoms with van der Waals surface area (Å²) in [6, 6.07) is 0. The molecule has 0 aliphatic carbocycles. The molecule has 1 unspecified atom stereocenters. The van der Waals surface area contributed by atoms with E-state index >= 15 is 0 Å². The largest absolute Gasteiger partial charge is 0.462 e. The summed E-state index contributed by atoms with van der Waals surface area (Å²) in [5.41, 5.74) is 0. The predicted octanol–water partition coefficient (Wildman–Crippen LogP) is 23.8. The number of carbonyl (C=O) groups is 3. The Hall–Kier alpha value is -3.93. The second-order valence-corrected chi connectivity index (χ2v) is 22.7. The van der Waals surface area contributed by atoms with Crippen LogP contribution < -0.4 is 0 Å². The molecule has 0 bridgehead atoms. The van der Waals surface area contributed by atoms with Crippen LogP contribution in [0.1, 0.15) is 329 Å². The van der Waals surface area contributed by atoms with Gasteiger partial charge in [0.2, 0.25) is 0 Å². The summed E-state index contributed by atoms with van der Waals surface area (Å²) in [6.07, 6.45) is 93.9. The van der Waals surface area contributed by atoms with Gasteiger partial charge in [-0.25, -0.2) is 0 Å². The Kier molecular flexibility index (Phi) is 65.2. The van der Waals surface area contributed by atoms with Crippen molar-refractivity contribution < 1.29 is 28.6 Å². The highest BCUT2D eigenvalue weighted by Crippen LogP contribution is 2.16. The van der Waals surface area contributed by atoms with Crippen molar-refractivity contribution in [1.29, 1.82) is 0 Å². The number of ether oxygens (including phenoxy) is 3. The normalized spacial score (nSPS) is 12.8. The van der Waals surface area contributed by atoms with Gasteiger partial charge in [0.15, 0.2) is 6.10 Å². The molecule has 464 valence electrons. The molecule has 0 aliphatic heterocycles. The Morgan fingerprint density at radius 2 is 0.481 bits per heavy atom. The molecule has 0 amide bonds. The number of carbonyl (C=O) groups excluding carboxylic acids is 3. The van der Waals surface area contributed by atoms with Crippen LogP contribution in [-0.4, -0.2) is 37.2 Å². The third-order valence-corrected chi connectivity index (χ3v) is 14.7. The molecule has 0 saturated carbocycles. The maximum atomic E-state index is 12.9. The molecule has 81 heavy (non-hydrogen) atoms. The third kappa shape index (κ3) is 66.8. The van der Waals surface area contributed by atoms with Crippen LogP contribution in [0.15, 0.2) is 109 Å². The van der Waals surface area contributed by atoms with E-state index in [-0.39, 0.29) is 31.1 Å². The molecule has 6 nitrogen and oxygen atoms in total. The average Bonchev–Trinajstić information content (AvgIpc) is 3.47. The minimum atomic E-state index is -0.793. The van der Waals surface area contributed by atoms with Crippen molar-refractivity contribution in [2.75, 3.05) is 13.2 Å². The number of hydrogen-bond acceptors (Lipinski definition) is 6. The highest BCUT2D eigenvalue weighted by molar-refractivity contribution is 5.71. The quantitative estimate of drug-likeness (QED) is 0.0261. The van der Waals surface area contributed by atoms with E-state index < -0.39 is 6.10 Å². The molecular formula is C75H128O6. The van der Waals surface area contributed by atoms with E-state index in [9.17, 15) is 14.4 Å². The van der Waals surface area contributed by atoms with E-state index in [4.69, 9.17) is 14.2 Å². The maximum Gasteiger partial charge on any atom is 0.306 e. The van der Waals surface area contributed by atoms with Crippen molar-refractivity contribution in [3.8, 4) is 0 Å². The fourth-order valence-electron chi connectivity index (χ4n) is 9.59. The first-order valence-electron chi connectivity index (χ1n) is 34.4. The molecule has 0 aromatic rings. The molecule has 0 radical (unpaired) electrons. The molecule has 6 heteroatoms. The van der Waals surface area contributed by atoms with Gasteiger partial charge in [0.1, 0.15) is 13.2 Å². The fraction of sp³-hybridized carbons (Fsp3) is 0.720. The first-order chi connectivity index (χ1) is 40.0. The minimum Gasteiger partial charge on any atom is -0.462 e. The molecule has 0 aliphatic rings. The summed E-state index contributed by atoms with van der Waals surface area (Å²) in [5, 5.41) is 0. The van der Waals surface area contributed by atoms with Gasteiger partial charge in [0, 0.05) is 19.3 Å². The fourth-order valence-corrected chi connectivity index (χ4v) is 9.59. The van der Waals surface area contributed by atoms with Gasteiger partial charge in [0.05, 0.1) is 0 Å². The lowest BCUT2D eigenvalue weighted by Gasteiger charge is -2.18. The zero-order chi connectivity index (χ0) is 58.5. The molecule has 0 rings (SSSR count). The lowest BCUT2D eigenvalue weighted by molar-refractivity contribution is -0.167. The number of unbranched alkanes of at least 4 members (excludes halogenated alkanes) is 33. The average molecular weight is 1130 g/mol. The zero-order valence-corrected chi connectivity index (χ0v) is 53.3. The Morgan fingerprint density at radius 1 is 0.259 bits per heavy atom. The summed E-state index contributed by atoms with van der Waals surface area (Å²) in [7, 11) is 0. The summed E-state index contributed by atoms with van der Waals surface area (Å²) < 4.78 is 16.9. The topological polar surface area (TPSA) is 78.9 Å². The van der Waals surface area contributed by atoms with Crippen molar-refractivity contribution in [2.45, 2.75) is 335 Å². The number of esters is 3. The standard InChI is InChI=1S/C75H128O6/c1-4-7-10-13-16-19-22-25-28-31-32-33-34-35-36-37-38-39-40-41-42-43-44-45-48-50-53-56-59-62-65-68-74(77)80-71-72(81-75(78)69-66-63-60-57-54-51-47-30-27-24-21-18-15-12-9-6-3)70-79-73(76)67-64-61-58-55-52-49-46-29-26-23-20-17-14-11-8-5-2/h7,10,16,19-21,23-25,28-30,32-33,35-36,46-47,72H,4-6,8-9,11-15,17-18,22,26-27,31,34,37-45,48-71H2,1-3H3/b10-7-,19-16-,23-20-,24-21-,28-25-,33-32-,36-35-,46-29-,47-30-. The first kappa shape index (κ1) is 77.1. The second-order valence-electron chi connectivity index (χ2n) is 22.7. The van der Waals surface area contributed by atoms with E-state index in [0.717, 1.165) is 135 Å². The highest BCUT2D eigenvalue weighted by Gasteiger charge is 2.19. The summed E-state index contributed by atoms with van der Waals surface area (Å²) >= 11 is 0.